The third kappa shape index (κ3) is 4.44. The molecule has 0 spiro atoms. The summed E-state index contributed by atoms with van der Waals surface area (Å²) >= 11 is 0. The first-order valence-electron chi connectivity index (χ1n) is 11.5. The van der Waals surface area contributed by atoms with E-state index in [1.165, 1.54) is 5.56 Å². The number of carbonyl (C=O) groups excluding carboxylic acids is 1. The fourth-order valence-corrected chi connectivity index (χ4v) is 4.90. The third-order valence-corrected chi connectivity index (χ3v) is 7.01. The first-order valence-corrected chi connectivity index (χ1v) is 11.5. The van der Waals surface area contributed by atoms with Crippen LogP contribution in [0.4, 0.5) is 16.2 Å². The molecule has 2 saturated heterocycles. The number of nitriles is 1. The van der Waals surface area contributed by atoms with Gasteiger partial charge in [-0.2, -0.15) is 5.26 Å². The van der Waals surface area contributed by atoms with Crippen LogP contribution in [0, 0.1) is 11.3 Å². The Morgan fingerprint density at radius 3 is 2.41 bits per heavy atom. The highest BCUT2D eigenvalue weighted by Crippen LogP contribution is 2.35. The minimum Gasteiger partial charge on any atom is -0.367 e. The molecule has 0 aliphatic carbocycles. The number of piperazine rings is 1. The molecule has 2 heterocycles. The molecule has 0 saturated carbocycles. The molecule has 4 rings (SSSR count). The van der Waals surface area contributed by atoms with Gasteiger partial charge in [0.15, 0.2) is 0 Å². The van der Waals surface area contributed by atoms with Crippen LogP contribution in [0.2, 0.25) is 0 Å². The molecule has 2 aromatic rings. The zero-order valence-electron chi connectivity index (χ0n) is 19.3. The molecule has 2 aliphatic heterocycles. The number of rotatable bonds is 4. The molecule has 2 fully saturated rings. The van der Waals surface area contributed by atoms with Gasteiger partial charge in [0.05, 0.1) is 16.9 Å². The predicted molar refractivity (Wildman–Crippen MR) is 129 cm³/mol. The Bertz CT molecular complexity index is 991. The molecule has 1 unspecified atom stereocenters. The molecule has 0 bridgehead atoms. The summed E-state index contributed by atoms with van der Waals surface area (Å²) in [6.07, 6.45) is 0.925. The number of nitrogens with zero attached hydrogens (tertiary/aromatic N) is 4. The van der Waals surface area contributed by atoms with Crippen molar-refractivity contribution in [2.75, 3.05) is 49.5 Å². The van der Waals surface area contributed by atoms with Crippen molar-refractivity contribution in [2.45, 2.75) is 38.6 Å². The average molecular weight is 432 g/mol. The lowest BCUT2D eigenvalue weighted by atomic mass is 9.82. The second-order valence-electron chi connectivity index (χ2n) is 9.46. The topological polar surface area (TPSA) is 62.6 Å². The van der Waals surface area contributed by atoms with Gasteiger partial charge in [0, 0.05) is 50.7 Å². The number of amides is 2. The van der Waals surface area contributed by atoms with E-state index in [0.29, 0.717) is 30.4 Å². The van der Waals surface area contributed by atoms with E-state index in [9.17, 15) is 10.1 Å². The summed E-state index contributed by atoms with van der Waals surface area (Å²) in [5.41, 5.74) is 3.28. The highest BCUT2D eigenvalue weighted by atomic mass is 16.2. The quantitative estimate of drug-likeness (QED) is 0.785. The molecule has 2 aliphatic rings. The van der Waals surface area contributed by atoms with Gasteiger partial charge in [0.2, 0.25) is 0 Å². The molecule has 2 amide bonds. The Balaban J connectivity index is 1.51. The monoisotopic (exact) mass is 431 g/mol. The highest BCUT2D eigenvalue weighted by Gasteiger charge is 2.37. The predicted octanol–water partition coefficient (Wildman–Crippen LogP) is 4.28. The number of benzene rings is 2. The summed E-state index contributed by atoms with van der Waals surface area (Å²) in [4.78, 5) is 19.9. The van der Waals surface area contributed by atoms with E-state index in [0.717, 1.165) is 38.3 Å². The zero-order valence-corrected chi connectivity index (χ0v) is 19.3. The molecular formula is C26H33N5O. The number of urea groups is 1. The van der Waals surface area contributed by atoms with Crippen LogP contribution in [0.5, 0.6) is 0 Å². The molecule has 168 valence electrons. The third-order valence-electron chi connectivity index (χ3n) is 7.01. The van der Waals surface area contributed by atoms with Gasteiger partial charge in [0.1, 0.15) is 6.07 Å². The summed E-state index contributed by atoms with van der Waals surface area (Å²) in [7, 11) is 0. The summed E-state index contributed by atoms with van der Waals surface area (Å²) in [5.74, 6) is 0. The van der Waals surface area contributed by atoms with Crippen LogP contribution in [-0.2, 0) is 5.41 Å². The summed E-state index contributed by atoms with van der Waals surface area (Å²) in [5, 5.41) is 12.8. The molecule has 0 radical (unpaired) electrons. The largest absolute Gasteiger partial charge is 0.367 e. The van der Waals surface area contributed by atoms with Crippen molar-refractivity contribution in [3.8, 4) is 6.07 Å². The number of anilines is 2. The maximum absolute atomic E-state index is 13.3. The standard InChI is InChI=1S/C26H33N5O/c1-20(2)29-14-16-30(17-15-29)23-11-7-8-21(18-27)24(23)28-25(32)31-13-12-26(3,19-31)22-9-5-4-6-10-22/h4-11,20H,12-17,19H2,1-3H3,(H,28,32). The molecule has 1 N–H and O–H groups in total. The van der Waals surface area contributed by atoms with Gasteiger partial charge >= 0.3 is 6.03 Å². The number of para-hydroxylation sites is 1. The minimum atomic E-state index is -0.130. The summed E-state index contributed by atoms with van der Waals surface area (Å²) in [6, 6.07) is 18.8. The van der Waals surface area contributed by atoms with Crippen molar-refractivity contribution < 1.29 is 4.79 Å². The van der Waals surface area contributed by atoms with Gasteiger partial charge in [0.25, 0.3) is 0 Å². The van der Waals surface area contributed by atoms with Crippen LogP contribution in [0.1, 0.15) is 38.3 Å². The average Bonchev–Trinajstić information content (AvgIpc) is 3.23. The molecule has 6 nitrogen and oxygen atoms in total. The van der Waals surface area contributed by atoms with Crippen molar-refractivity contribution in [2.24, 2.45) is 0 Å². The van der Waals surface area contributed by atoms with E-state index < -0.39 is 0 Å². The Morgan fingerprint density at radius 1 is 1.03 bits per heavy atom. The van der Waals surface area contributed by atoms with Gasteiger partial charge in [-0.15, -0.1) is 0 Å². The molecule has 32 heavy (non-hydrogen) atoms. The Kier molecular flexibility index (Phi) is 6.38. The van der Waals surface area contributed by atoms with Crippen molar-refractivity contribution >= 4 is 17.4 Å². The van der Waals surface area contributed by atoms with Crippen LogP contribution in [-0.4, -0.2) is 61.1 Å². The first kappa shape index (κ1) is 22.2. The number of hydrogen-bond acceptors (Lipinski definition) is 4. The van der Waals surface area contributed by atoms with Crippen molar-refractivity contribution in [1.82, 2.24) is 9.80 Å². The van der Waals surface area contributed by atoms with E-state index in [1.54, 1.807) is 6.07 Å². The zero-order chi connectivity index (χ0) is 22.7. The highest BCUT2D eigenvalue weighted by molar-refractivity contribution is 5.95. The van der Waals surface area contributed by atoms with Gasteiger partial charge in [-0.25, -0.2) is 4.79 Å². The van der Waals surface area contributed by atoms with Crippen molar-refractivity contribution in [1.29, 1.82) is 5.26 Å². The molecule has 6 heteroatoms. The maximum atomic E-state index is 13.3. The lowest BCUT2D eigenvalue weighted by molar-refractivity contribution is 0.209. The molecule has 2 aromatic carbocycles. The normalized spacial score (nSPS) is 21.6. The lowest BCUT2D eigenvalue weighted by Gasteiger charge is -2.39. The maximum Gasteiger partial charge on any atom is 0.321 e. The Morgan fingerprint density at radius 2 is 1.75 bits per heavy atom. The SMILES string of the molecule is CC(C)N1CCN(c2cccc(C#N)c2NC(=O)N2CCC(C)(c3ccccc3)C2)CC1. The summed E-state index contributed by atoms with van der Waals surface area (Å²) in [6.45, 7) is 11.7. The van der Waals surface area contributed by atoms with E-state index in [-0.39, 0.29) is 11.4 Å². The smallest absolute Gasteiger partial charge is 0.321 e. The fraction of sp³-hybridized carbons (Fsp3) is 0.462. The van der Waals surface area contributed by atoms with Crippen LogP contribution in [0.3, 0.4) is 0 Å². The fourth-order valence-electron chi connectivity index (χ4n) is 4.90. The van der Waals surface area contributed by atoms with Crippen LogP contribution >= 0.6 is 0 Å². The van der Waals surface area contributed by atoms with E-state index >= 15 is 0 Å². The number of nitrogens with one attached hydrogen (secondary N) is 1. The second kappa shape index (κ2) is 9.22. The second-order valence-corrected chi connectivity index (χ2v) is 9.46. The van der Waals surface area contributed by atoms with Crippen LogP contribution in [0.25, 0.3) is 0 Å². The van der Waals surface area contributed by atoms with Gasteiger partial charge in [-0.3, -0.25) is 4.90 Å². The number of hydrogen-bond donors (Lipinski definition) is 1. The Hall–Kier alpha value is -3.04. The number of likely N-dealkylation sites (tertiary alicyclic amines) is 1. The molecule has 1 atom stereocenters. The Labute approximate surface area is 191 Å². The van der Waals surface area contributed by atoms with Crippen molar-refractivity contribution in [3.05, 3.63) is 59.7 Å². The van der Waals surface area contributed by atoms with Gasteiger partial charge in [-0.1, -0.05) is 43.3 Å². The van der Waals surface area contributed by atoms with E-state index in [2.05, 4.69) is 66.2 Å². The van der Waals surface area contributed by atoms with Crippen molar-refractivity contribution in [3.63, 3.8) is 0 Å². The lowest BCUT2D eigenvalue weighted by Crippen LogP contribution is -2.49. The van der Waals surface area contributed by atoms with E-state index in [4.69, 9.17) is 0 Å². The summed E-state index contributed by atoms with van der Waals surface area (Å²) < 4.78 is 0. The van der Waals surface area contributed by atoms with Gasteiger partial charge < -0.3 is 15.1 Å². The number of carbonyl (C=O) groups is 1. The van der Waals surface area contributed by atoms with Gasteiger partial charge in [-0.05, 0) is 38.0 Å². The van der Waals surface area contributed by atoms with Crippen LogP contribution < -0.4 is 10.2 Å². The van der Waals surface area contributed by atoms with E-state index in [1.807, 2.05) is 23.1 Å². The molecular weight excluding hydrogens is 398 g/mol. The minimum absolute atomic E-state index is 0.0522. The van der Waals surface area contributed by atoms with Crippen LogP contribution in [0.15, 0.2) is 48.5 Å². The molecule has 0 aromatic heterocycles. The first-order chi connectivity index (χ1) is 15.4.